The van der Waals surface area contributed by atoms with Gasteiger partial charge in [0.15, 0.2) is 0 Å². The first-order valence-corrected chi connectivity index (χ1v) is 9.01. The van der Waals surface area contributed by atoms with Gasteiger partial charge in [0, 0.05) is 0 Å². The first-order valence-electron chi connectivity index (χ1n) is 8.19. The molecule has 4 rings (SSSR count). The molecule has 1 amide bonds. The highest BCUT2D eigenvalue weighted by atomic mass is 32.1. The molecule has 1 N–H and O–H groups in total. The van der Waals surface area contributed by atoms with Gasteiger partial charge >= 0.3 is 0 Å². The molecule has 0 radical (unpaired) electrons. The Morgan fingerprint density at radius 3 is 2.62 bits per heavy atom. The molecule has 130 valence electrons. The maximum atomic E-state index is 12.6. The second kappa shape index (κ2) is 6.68. The van der Waals surface area contributed by atoms with Crippen molar-refractivity contribution < 1.29 is 4.79 Å². The lowest BCUT2D eigenvalue weighted by Crippen LogP contribution is -2.33. The van der Waals surface area contributed by atoms with E-state index in [4.69, 9.17) is 0 Å². The van der Waals surface area contributed by atoms with E-state index < -0.39 is 0 Å². The van der Waals surface area contributed by atoms with E-state index >= 15 is 0 Å². The number of amides is 1. The second-order valence-electron chi connectivity index (χ2n) is 5.92. The van der Waals surface area contributed by atoms with Crippen LogP contribution in [-0.4, -0.2) is 20.4 Å². The van der Waals surface area contributed by atoms with E-state index in [-0.39, 0.29) is 18.0 Å². The van der Waals surface area contributed by atoms with Crippen LogP contribution in [0.5, 0.6) is 0 Å². The van der Waals surface area contributed by atoms with Crippen LogP contribution in [0.15, 0.2) is 53.3 Å². The molecule has 0 spiro atoms. The van der Waals surface area contributed by atoms with Gasteiger partial charge in [-0.1, -0.05) is 24.3 Å². The number of aromatic nitrogens is 3. The number of nitrogens with one attached hydrogen (secondary N) is 1. The molecular weight excluding hydrogens is 348 g/mol. The zero-order valence-electron chi connectivity index (χ0n) is 14.1. The number of hydrogen-bond donors (Lipinski definition) is 1. The molecule has 0 saturated heterocycles. The van der Waals surface area contributed by atoms with Gasteiger partial charge in [-0.25, -0.2) is 9.97 Å². The SMILES string of the molecule is Cc1nc2ccccc2c(=O)n1CC(=O)NCc1nc2ccccc2s1. The third-order valence-electron chi connectivity index (χ3n) is 4.13. The van der Waals surface area contributed by atoms with E-state index in [0.717, 1.165) is 15.2 Å². The maximum Gasteiger partial charge on any atom is 0.261 e. The Bertz CT molecular complexity index is 1150. The summed E-state index contributed by atoms with van der Waals surface area (Å²) in [6.45, 7) is 2.01. The van der Waals surface area contributed by atoms with Crippen molar-refractivity contribution in [3.05, 3.63) is 69.7 Å². The predicted molar refractivity (Wildman–Crippen MR) is 102 cm³/mol. The lowest BCUT2D eigenvalue weighted by atomic mass is 10.2. The molecule has 0 saturated carbocycles. The van der Waals surface area contributed by atoms with Gasteiger partial charge in [0.25, 0.3) is 5.56 Å². The van der Waals surface area contributed by atoms with Crippen molar-refractivity contribution in [2.24, 2.45) is 0 Å². The number of hydrogen-bond acceptors (Lipinski definition) is 5. The van der Waals surface area contributed by atoms with Crippen molar-refractivity contribution in [3.63, 3.8) is 0 Å². The van der Waals surface area contributed by atoms with Crippen LogP contribution in [0.4, 0.5) is 0 Å². The van der Waals surface area contributed by atoms with Crippen LogP contribution >= 0.6 is 11.3 Å². The van der Waals surface area contributed by atoms with E-state index in [1.165, 1.54) is 4.57 Å². The molecule has 0 atom stereocenters. The van der Waals surface area contributed by atoms with E-state index in [2.05, 4.69) is 15.3 Å². The van der Waals surface area contributed by atoms with Crippen LogP contribution < -0.4 is 10.9 Å². The largest absolute Gasteiger partial charge is 0.348 e. The van der Waals surface area contributed by atoms with Crippen LogP contribution in [0.3, 0.4) is 0 Å². The number of nitrogens with zero attached hydrogens (tertiary/aromatic N) is 3. The van der Waals surface area contributed by atoms with Crippen LogP contribution in [-0.2, 0) is 17.9 Å². The highest BCUT2D eigenvalue weighted by Crippen LogP contribution is 2.21. The average molecular weight is 364 g/mol. The van der Waals surface area contributed by atoms with E-state index in [1.54, 1.807) is 36.5 Å². The number of aryl methyl sites for hydroxylation is 1. The molecule has 7 heteroatoms. The molecule has 0 unspecified atom stereocenters. The van der Waals surface area contributed by atoms with Crippen molar-refractivity contribution in [3.8, 4) is 0 Å². The third kappa shape index (κ3) is 3.09. The molecule has 2 aromatic heterocycles. The highest BCUT2D eigenvalue weighted by Gasteiger charge is 2.12. The first-order chi connectivity index (χ1) is 12.6. The quantitative estimate of drug-likeness (QED) is 0.604. The average Bonchev–Trinajstić information content (AvgIpc) is 3.06. The number of thiazole rings is 1. The lowest BCUT2D eigenvalue weighted by Gasteiger charge is -2.10. The van der Waals surface area contributed by atoms with E-state index in [9.17, 15) is 9.59 Å². The second-order valence-corrected chi connectivity index (χ2v) is 7.03. The molecule has 2 aromatic carbocycles. The van der Waals surface area contributed by atoms with Gasteiger partial charge in [0.05, 0.1) is 27.7 Å². The van der Waals surface area contributed by atoms with Gasteiger partial charge in [-0.2, -0.15) is 0 Å². The van der Waals surface area contributed by atoms with Crippen molar-refractivity contribution in [1.82, 2.24) is 19.9 Å². The summed E-state index contributed by atoms with van der Waals surface area (Å²) in [6.07, 6.45) is 0. The number of fused-ring (bicyclic) bond motifs is 2. The number of carbonyl (C=O) groups excluding carboxylic acids is 1. The van der Waals surface area contributed by atoms with Gasteiger partial charge < -0.3 is 5.32 Å². The minimum atomic E-state index is -0.244. The molecule has 6 nitrogen and oxygen atoms in total. The molecule has 0 fully saturated rings. The van der Waals surface area contributed by atoms with Crippen LogP contribution in [0, 0.1) is 6.92 Å². The summed E-state index contributed by atoms with van der Waals surface area (Å²) < 4.78 is 2.48. The Labute approximate surface area is 153 Å². The van der Waals surface area contributed by atoms with Crippen molar-refractivity contribution in [1.29, 1.82) is 0 Å². The topological polar surface area (TPSA) is 76.9 Å². The Morgan fingerprint density at radius 2 is 1.81 bits per heavy atom. The lowest BCUT2D eigenvalue weighted by molar-refractivity contribution is -0.121. The van der Waals surface area contributed by atoms with Gasteiger partial charge in [-0.3, -0.25) is 14.2 Å². The van der Waals surface area contributed by atoms with Gasteiger partial charge in [-0.15, -0.1) is 11.3 Å². The summed E-state index contributed by atoms with van der Waals surface area (Å²) in [5.41, 5.74) is 1.36. The predicted octanol–water partition coefficient (Wildman–Crippen LogP) is 2.63. The van der Waals surface area contributed by atoms with Crippen LogP contribution in [0.1, 0.15) is 10.8 Å². The normalized spacial score (nSPS) is 11.1. The molecule has 0 aliphatic heterocycles. The molecule has 4 aromatic rings. The third-order valence-corrected chi connectivity index (χ3v) is 5.17. The summed E-state index contributed by atoms with van der Waals surface area (Å²) in [4.78, 5) is 33.8. The monoisotopic (exact) mass is 364 g/mol. The molecule has 26 heavy (non-hydrogen) atoms. The number of carbonyl (C=O) groups is 1. The summed E-state index contributed by atoms with van der Waals surface area (Å²) in [6, 6.07) is 15.0. The first kappa shape index (κ1) is 16.4. The maximum absolute atomic E-state index is 12.6. The Morgan fingerprint density at radius 1 is 1.08 bits per heavy atom. The van der Waals surface area contributed by atoms with Crippen molar-refractivity contribution in [2.75, 3.05) is 0 Å². The Hall–Kier alpha value is -3.06. The van der Waals surface area contributed by atoms with E-state index in [1.807, 2.05) is 30.3 Å². The molecule has 2 heterocycles. The number of rotatable bonds is 4. The van der Waals surface area contributed by atoms with Crippen molar-refractivity contribution in [2.45, 2.75) is 20.0 Å². The van der Waals surface area contributed by atoms with Crippen LogP contribution in [0.2, 0.25) is 0 Å². The molecule has 0 aliphatic rings. The highest BCUT2D eigenvalue weighted by molar-refractivity contribution is 7.18. The minimum absolute atomic E-state index is 0.0621. The zero-order valence-corrected chi connectivity index (χ0v) is 14.9. The zero-order chi connectivity index (χ0) is 18.1. The van der Waals surface area contributed by atoms with Gasteiger partial charge in [0.2, 0.25) is 5.91 Å². The summed E-state index contributed by atoms with van der Waals surface area (Å²) >= 11 is 1.55. The van der Waals surface area contributed by atoms with Gasteiger partial charge in [0.1, 0.15) is 17.4 Å². The fourth-order valence-electron chi connectivity index (χ4n) is 2.83. The molecular formula is C19H16N4O2S. The Balaban J connectivity index is 1.51. The smallest absolute Gasteiger partial charge is 0.261 e. The fourth-order valence-corrected chi connectivity index (χ4v) is 3.74. The van der Waals surface area contributed by atoms with Gasteiger partial charge in [-0.05, 0) is 31.2 Å². The number of para-hydroxylation sites is 2. The fraction of sp³-hybridized carbons (Fsp3) is 0.158. The molecule has 0 aliphatic carbocycles. The standard InChI is InChI=1S/C19H16N4O2S/c1-12-21-14-7-3-2-6-13(14)19(25)23(12)11-17(24)20-10-18-22-15-8-4-5-9-16(15)26-18/h2-9H,10-11H2,1H3,(H,20,24). The summed E-state index contributed by atoms with van der Waals surface area (Å²) in [5.74, 6) is 0.273. The Kier molecular flexibility index (Phi) is 4.22. The summed E-state index contributed by atoms with van der Waals surface area (Å²) in [5, 5.41) is 4.18. The minimum Gasteiger partial charge on any atom is -0.348 e. The van der Waals surface area contributed by atoms with Crippen molar-refractivity contribution >= 4 is 38.4 Å². The van der Waals surface area contributed by atoms with Crippen LogP contribution in [0.25, 0.3) is 21.1 Å². The summed E-state index contributed by atoms with van der Waals surface area (Å²) in [7, 11) is 0. The number of benzene rings is 2. The molecule has 0 bridgehead atoms. The van der Waals surface area contributed by atoms with E-state index in [0.29, 0.717) is 23.3 Å².